The van der Waals surface area contributed by atoms with E-state index in [0.29, 0.717) is 22.3 Å². The molecule has 0 saturated heterocycles. The van der Waals surface area contributed by atoms with Crippen LogP contribution in [0, 0.1) is 0 Å². The number of benzene rings is 1. The van der Waals surface area contributed by atoms with Crippen molar-refractivity contribution >= 4 is 34.4 Å². The smallest absolute Gasteiger partial charge is 0.288 e. The van der Waals surface area contributed by atoms with Crippen LogP contribution in [-0.2, 0) is 0 Å². The van der Waals surface area contributed by atoms with Crippen LogP contribution < -0.4 is 5.32 Å². The Morgan fingerprint density at radius 2 is 2.11 bits per heavy atom. The summed E-state index contributed by atoms with van der Waals surface area (Å²) in [6, 6.07) is 7.08. The monoisotopic (exact) mass is 302 g/mol. The van der Waals surface area contributed by atoms with Crippen LogP contribution in [0.1, 0.15) is 20.3 Å². The molecule has 0 aliphatic carbocycles. The van der Waals surface area contributed by atoms with Gasteiger partial charge in [-0.25, -0.2) is 0 Å². The summed E-state index contributed by atoms with van der Waals surface area (Å²) in [5, 5.41) is 3.97. The molecule has 1 aromatic rings. The predicted molar refractivity (Wildman–Crippen MR) is 80.5 cm³/mol. The first-order chi connectivity index (χ1) is 8.96. The lowest BCUT2D eigenvalue weighted by Crippen LogP contribution is -2.27. The van der Waals surface area contributed by atoms with Crippen LogP contribution in [0.15, 0.2) is 34.2 Å². The molecular formula is C13H16F2N2S2. The van der Waals surface area contributed by atoms with Crippen molar-refractivity contribution in [2.24, 2.45) is 4.99 Å². The zero-order valence-electron chi connectivity index (χ0n) is 10.8. The molecule has 6 heteroatoms. The third-order valence-electron chi connectivity index (χ3n) is 2.70. The van der Waals surface area contributed by atoms with Gasteiger partial charge in [-0.05, 0) is 32.4 Å². The molecule has 1 N–H and O–H groups in total. The molecule has 1 aromatic carbocycles. The van der Waals surface area contributed by atoms with Crippen LogP contribution in [0.25, 0.3) is 0 Å². The highest BCUT2D eigenvalue weighted by Crippen LogP contribution is 2.33. The van der Waals surface area contributed by atoms with Crippen molar-refractivity contribution in [1.82, 2.24) is 0 Å². The van der Waals surface area contributed by atoms with Crippen molar-refractivity contribution in [2.45, 2.75) is 36.5 Å². The minimum Gasteiger partial charge on any atom is -0.334 e. The molecule has 1 heterocycles. The van der Waals surface area contributed by atoms with Crippen LogP contribution in [-0.4, -0.2) is 22.2 Å². The topological polar surface area (TPSA) is 24.4 Å². The third-order valence-corrected chi connectivity index (χ3v) is 4.36. The quantitative estimate of drug-likeness (QED) is 0.820. The highest BCUT2D eigenvalue weighted by Gasteiger charge is 2.23. The molecule has 19 heavy (non-hydrogen) atoms. The van der Waals surface area contributed by atoms with Gasteiger partial charge in [0.25, 0.3) is 5.76 Å². The third kappa shape index (κ3) is 4.38. The van der Waals surface area contributed by atoms with E-state index in [1.54, 1.807) is 30.0 Å². The van der Waals surface area contributed by atoms with E-state index in [1.807, 2.05) is 6.07 Å². The molecule has 0 radical (unpaired) electrons. The Morgan fingerprint density at radius 3 is 2.79 bits per heavy atom. The molecule has 0 atom stereocenters. The van der Waals surface area contributed by atoms with Gasteiger partial charge in [0.2, 0.25) is 0 Å². The molecule has 1 aliphatic heterocycles. The molecule has 0 bridgehead atoms. The second-order valence-corrected chi connectivity index (χ2v) is 6.94. The van der Waals surface area contributed by atoms with Crippen molar-refractivity contribution in [1.29, 1.82) is 0 Å². The summed E-state index contributed by atoms with van der Waals surface area (Å²) in [6.07, 6.45) is 1.02. The van der Waals surface area contributed by atoms with Crippen molar-refractivity contribution < 1.29 is 8.78 Å². The molecular weight excluding hydrogens is 286 g/mol. The van der Waals surface area contributed by atoms with Crippen molar-refractivity contribution in [2.75, 3.05) is 11.1 Å². The van der Waals surface area contributed by atoms with Gasteiger partial charge in [0.1, 0.15) is 0 Å². The maximum absolute atomic E-state index is 12.5. The molecule has 2 rings (SSSR count). The van der Waals surface area contributed by atoms with Crippen LogP contribution in [0.3, 0.4) is 0 Å². The van der Waals surface area contributed by atoms with Crippen molar-refractivity contribution in [3.05, 3.63) is 24.3 Å². The van der Waals surface area contributed by atoms with Crippen molar-refractivity contribution in [3.8, 4) is 0 Å². The van der Waals surface area contributed by atoms with Gasteiger partial charge >= 0.3 is 0 Å². The van der Waals surface area contributed by atoms with E-state index in [1.165, 1.54) is 0 Å². The first-order valence-corrected chi connectivity index (χ1v) is 7.86. The van der Waals surface area contributed by atoms with Gasteiger partial charge in [0, 0.05) is 10.6 Å². The van der Waals surface area contributed by atoms with Crippen LogP contribution in [0.4, 0.5) is 14.5 Å². The van der Waals surface area contributed by atoms with Gasteiger partial charge in [0.05, 0.1) is 11.2 Å². The minimum atomic E-state index is -2.42. The zero-order valence-corrected chi connectivity index (χ0v) is 12.5. The van der Waals surface area contributed by atoms with Crippen molar-refractivity contribution in [3.63, 3.8) is 0 Å². The number of anilines is 1. The summed E-state index contributed by atoms with van der Waals surface area (Å²) in [5.41, 5.74) is 0.606. The summed E-state index contributed by atoms with van der Waals surface area (Å²) in [4.78, 5) is 5.15. The number of halogens is 2. The van der Waals surface area contributed by atoms with E-state index >= 15 is 0 Å². The minimum absolute atomic E-state index is 0.0849. The van der Waals surface area contributed by atoms with E-state index in [0.717, 1.165) is 17.3 Å². The second kappa shape index (κ2) is 6.13. The molecule has 2 nitrogen and oxygen atoms in total. The second-order valence-electron chi connectivity index (χ2n) is 4.83. The van der Waals surface area contributed by atoms with Gasteiger partial charge < -0.3 is 5.32 Å². The summed E-state index contributed by atoms with van der Waals surface area (Å²) in [5.74, 6) is -1.43. The molecule has 104 valence electrons. The van der Waals surface area contributed by atoms with Crippen LogP contribution in [0.5, 0.6) is 0 Å². The number of nitrogens with one attached hydrogen (secondary N) is 1. The highest BCUT2D eigenvalue weighted by atomic mass is 32.2. The number of nitrogens with zero attached hydrogens (tertiary/aromatic N) is 1. The lowest BCUT2D eigenvalue weighted by atomic mass is 10.0. The van der Waals surface area contributed by atoms with Gasteiger partial charge in [-0.2, -0.15) is 8.78 Å². The standard InChI is InChI=1S/C13H16F2N2S2/c1-13(2)7-8-18-12(17-13)16-9-5-3-4-6-10(9)19-11(14)15/h3-6,11H,7-8H2,1-2H3,(H,16,17). The normalized spacial score (nSPS) is 18.3. The van der Waals surface area contributed by atoms with E-state index < -0.39 is 5.76 Å². The number of amidine groups is 1. The lowest BCUT2D eigenvalue weighted by molar-refractivity contribution is 0.252. The SMILES string of the molecule is CC1(C)CCSC(Nc2ccccc2SC(F)F)=N1. The first-order valence-electron chi connectivity index (χ1n) is 6.00. The predicted octanol–water partition coefficient (Wildman–Crippen LogP) is 4.68. The lowest BCUT2D eigenvalue weighted by Gasteiger charge is -2.26. The van der Waals surface area contributed by atoms with Gasteiger partial charge in [-0.15, -0.1) is 0 Å². The number of aliphatic imine (C=N–C) groups is 1. The first kappa shape index (κ1) is 14.7. The molecule has 0 spiro atoms. The molecule has 0 unspecified atom stereocenters. The summed E-state index contributed by atoms with van der Waals surface area (Å²) < 4.78 is 25.0. The Hall–Kier alpha value is -0.750. The number of hydrogen-bond acceptors (Lipinski definition) is 4. The number of para-hydroxylation sites is 1. The number of alkyl halides is 2. The van der Waals surface area contributed by atoms with E-state index in [-0.39, 0.29) is 5.54 Å². The van der Waals surface area contributed by atoms with E-state index in [2.05, 4.69) is 24.2 Å². The average Bonchev–Trinajstić information content (AvgIpc) is 2.30. The van der Waals surface area contributed by atoms with Gasteiger partial charge in [-0.1, -0.05) is 35.7 Å². The fraction of sp³-hybridized carbons (Fsp3) is 0.462. The molecule has 1 aliphatic rings. The Morgan fingerprint density at radius 1 is 1.37 bits per heavy atom. The van der Waals surface area contributed by atoms with E-state index in [9.17, 15) is 8.78 Å². The Bertz CT molecular complexity index is 475. The largest absolute Gasteiger partial charge is 0.334 e. The number of thioether (sulfide) groups is 2. The summed E-state index contributed by atoms with van der Waals surface area (Å²) in [6.45, 7) is 4.16. The molecule has 0 aromatic heterocycles. The van der Waals surface area contributed by atoms with Gasteiger partial charge in [-0.3, -0.25) is 4.99 Å². The zero-order chi connectivity index (χ0) is 13.9. The highest BCUT2D eigenvalue weighted by molar-refractivity contribution is 8.14. The maximum Gasteiger partial charge on any atom is 0.288 e. The fourth-order valence-corrected chi connectivity index (χ4v) is 3.59. The maximum atomic E-state index is 12.5. The summed E-state index contributed by atoms with van der Waals surface area (Å²) in [7, 11) is 0. The Balaban J connectivity index is 2.17. The molecule has 0 saturated carbocycles. The summed E-state index contributed by atoms with van der Waals surface area (Å²) >= 11 is 2.18. The van der Waals surface area contributed by atoms with Gasteiger partial charge in [0.15, 0.2) is 5.17 Å². The van der Waals surface area contributed by atoms with E-state index in [4.69, 9.17) is 0 Å². The molecule has 0 amide bonds. The fourth-order valence-electron chi connectivity index (χ4n) is 1.71. The van der Waals surface area contributed by atoms with Crippen LogP contribution >= 0.6 is 23.5 Å². The number of rotatable bonds is 3. The average molecular weight is 302 g/mol. The number of hydrogen-bond donors (Lipinski definition) is 1. The molecule has 0 fully saturated rings. The Kier molecular flexibility index (Phi) is 4.73. The van der Waals surface area contributed by atoms with Crippen LogP contribution in [0.2, 0.25) is 0 Å². The Labute approximate surface area is 120 Å².